The number of hydrogen-bond acceptors (Lipinski definition) is 3. The van der Waals surface area contributed by atoms with E-state index >= 15 is 0 Å². The lowest BCUT2D eigenvalue weighted by Gasteiger charge is -2.12. The van der Waals surface area contributed by atoms with Gasteiger partial charge in [0.15, 0.2) is 0 Å². The zero-order chi connectivity index (χ0) is 21.1. The predicted molar refractivity (Wildman–Crippen MR) is 118 cm³/mol. The average Bonchev–Trinajstić information content (AvgIpc) is 3.07. The maximum atomic E-state index is 11.5. The molecule has 0 radical (unpaired) electrons. The SMILES string of the molecule is CCOc1cc(Cc2nc3ccccc3n2Cc2ccccc2Cl)ccc1C(=O)O. The minimum atomic E-state index is -1.00. The van der Waals surface area contributed by atoms with Crippen LogP contribution >= 0.6 is 11.6 Å². The summed E-state index contributed by atoms with van der Waals surface area (Å²) in [6.45, 7) is 2.83. The maximum absolute atomic E-state index is 11.5. The Morgan fingerprint density at radius 2 is 1.87 bits per heavy atom. The summed E-state index contributed by atoms with van der Waals surface area (Å²) in [6.07, 6.45) is 0.541. The summed E-state index contributed by atoms with van der Waals surface area (Å²) in [5, 5.41) is 10.1. The molecule has 4 aromatic rings. The lowest BCUT2D eigenvalue weighted by atomic mass is 10.1. The molecule has 0 spiro atoms. The molecule has 1 aromatic heterocycles. The second-order valence-electron chi connectivity index (χ2n) is 6.94. The maximum Gasteiger partial charge on any atom is 0.339 e. The zero-order valence-corrected chi connectivity index (χ0v) is 17.3. The van der Waals surface area contributed by atoms with Crippen LogP contribution in [0.4, 0.5) is 0 Å². The number of para-hydroxylation sites is 2. The topological polar surface area (TPSA) is 64.4 Å². The second kappa shape index (κ2) is 8.59. The summed E-state index contributed by atoms with van der Waals surface area (Å²) in [6, 6.07) is 20.9. The Bertz CT molecular complexity index is 1220. The molecule has 0 unspecified atom stereocenters. The summed E-state index contributed by atoms with van der Waals surface area (Å²) in [5.41, 5.74) is 4.04. The fraction of sp³-hybridized carbons (Fsp3) is 0.167. The van der Waals surface area contributed by atoms with Gasteiger partial charge in [-0.1, -0.05) is 48.0 Å². The summed E-state index contributed by atoms with van der Waals surface area (Å²) in [7, 11) is 0. The van der Waals surface area contributed by atoms with Gasteiger partial charge >= 0.3 is 5.97 Å². The quantitative estimate of drug-likeness (QED) is 0.433. The first-order valence-corrected chi connectivity index (χ1v) is 10.1. The first-order chi connectivity index (χ1) is 14.6. The molecule has 3 aromatic carbocycles. The van der Waals surface area contributed by atoms with Crippen LogP contribution in [-0.2, 0) is 13.0 Å². The predicted octanol–water partition coefficient (Wildman–Crippen LogP) is 5.43. The van der Waals surface area contributed by atoms with Crippen molar-refractivity contribution in [2.24, 2.45) is 0 Å². The van der Waals surface area contributed by atoms with Gasteiger partial charge in [0.2, 0.25) is 0 Å². The highest BCUT2D eigenvalue weighted by molar-refractivity contribution is 6.31. The van der Waals surface area contributed by atoms with Gasteiger partial charge in [-0.25, -0.2) is 9.78 Å². The molecular formula is C24H21ClN2O3. The van der Waals surface area contributed by atoms with Crippen LogP contribution < -0.4 is 4.74 Å². The number of fused-ring (bicyclic) bond motifs is 1. The summed E-state index contributed by atoms with van der Waals surface area (Å²) < 4.78 is 7.71. The van der Waals surface area contributed by atoms with Gasteiger partial charge in [0, 0.05) is 11.4 Å². The summed E-state index contributed by atoms with van der Waals surface area (Å²) in [5.74, 6) is 0.244. The number of halogens is 1. The Kier molecular flexibility index (Phi) is 5.72. The van der Waals surface area contributed by atoms with E-state index in [9.17, 15) is 9.90 Å². The number of benzene rings is 3. The summed E-state index contributed by atoms with van der Waals surface area (Å²) in [4.78, 5) is 16.3. The van der Waals surface area contributed by atoms with Gasteiger partial charge in [0.1, 0.15) is 17.1 Å². The number of aromatic nitrogens is 2. The minimum Gasteiger partial charge on any atom is -0.493 e. The highest BCUT2D eigenvalue weighted by Gasteiger charge is 2.16. The molecular weight excluding hydrogens is 400 g/mol. The molecule has 0 aliphatic carbocycles. The van der Waals surface area contributed by atoms with Crippen molar-refractivity contribution in [2.75, 3.05) is 6.61 Å². The molecule has 0 fully saturated rings. The molecule has 5 nitrogen and oxygen atoms in total. The Morgan fingerprint density at radius 1 is 1.10 bits per heavy atom. The normalized spacial score (nSPS) is 11.0. The highest BCUT2D eigenvalue weighted by Crippen LogP contribution is 2.26. The molecule has 0 aliphatic rings. The largest absolute Gasteiger partial charge is 0.493 e. The first kappa shape index (κ1) is 20.0. The van der Waals surface area contributed by atoms with Crippen molar-refractivity contribution in [3.05, 3.63) is 94.3 Å². The standard InChI is InChI=1S/C24H21ClN2O3/c1-2-30-22-13-16(11-12-18(22)24(28)29)14-23-26-20-9-5-6-10-21(20)27(23)15-17-7-3-4-8-19(17)25/h3-13H,2,14-15H2,1H3,(H,28,29). The van der Waals surface area contributed by atoms with E-state index < -0.39 is 5.97 Å². The monoisotopic (exact) mass is 420 g/mol. The molecule has 1 heterocycles. The third kappa shape index (κ3) is 4.02. The van der Waals surface area contributed by atoms with E-state index in [1.54, 1.807) is 12.1 Å². The van der Waals surface area contributed by atoms with Crippen molar-refractivity contribution in [2.45, 2.75) is 19.9 Å². The van der Waals surface area contributed by atoms with Crippen LogP contribution in [0.2, 0.25) is 5.02 Å². The second-order valence-corrected chi connectivity index (χ2v) is 7.35. The summed E-state index contributed by atoms with van der Waals surface area (Å²) >= 11 is 6.40. The van der Waals surface area contributed by atoms with Crippen LogP contribution in [0.15, 0.2) is 66.7 Å². The van der Waals surface area contributed by atoms with E-state index in [-0.39, 0.29) is 5.56 Å². The smallest absolute Gasteiger partial charge is 0.339 e. The molecule has 0 bridgehead atoms. The molecule has 1 N–H and O–H groups in total. The third-order valence-electron chi connectivity index (χ3n) is 4.96. The number of ether oxygens (including phenoxy) is 1. The highest BCUT2D eigenvalue weighted by atomic mass is 35.5. The fourth-order valence-electron chi connectivity index (χ4n) is 3.54. The van der Waals surface area contributed by atoms with Crippen molar-refractivity contribution >= 4 is 28.6 Å². The molecule has 0 aliphatic heterocycles. The van der Waals surface area contributed by atoms with E-state index in [2.05, 4.69) is 4.57 Å². The van der Waals surface area contributed by atoms with Gasteiger partial charge < -0.3 is 14.4 Å². The molecule has 6 heteroatoms. The van der Waals surface area contributed by atoms with Crippen LogP contribution in [0.25, 0.3) is 11.0 Å². The minimum absolute atomic E-state index is 0.158. The van der Waals surface area contributed by atoms with Gasteiger partial charge in [-0.05, 0) is 48.4 Å². The number of carboxylic acid groups (broad SMARTS) is 1. The van der Waals surface area contributed by atoms with Gasteiger partial charge in [-0.3, -0.25) is 0 Å². The van der Waals surface area contributed by atoms with Crippen molar-refractivity contribution in [3.8, 4) is 5.75 Å². The van der Waals surface area contributed by atoms with E-state index in [1.807, 2.05) is 61.5 Å². The molecule has 30 heavy (non-hydrogen) atoms. The van der Waals surface area contributed by atoms with Crippen molar-refractivity contribution in [1.82, 2.24) is 9.55 Å². The van der Waals surface area contributed by atoms with Gasteiger partial charge in [-0.2, -0.15) is 0 Å². The van der Waals surface area contributed by atoms with Crippen molar-refractivity contribution in [1.29, 1.82) is 0 Å². The number of carboxylic acids is 1. The molecule has 4 rings (SSSR count). The number of nitrogens with zero attached hydrogens (tertiary/aromatic N) is 2. The Labute approximate surface area is 179 Å². The van der Waals surface area contributed by atoms with Gasteiger partial charge in [0.25, 0.3) is 0 Å². The van der Waals surface area contributed by atoms with Crippen molar-refractivity contribution in [3.63, 3.8) is 0 Å². The van der Waals surface area contributed by atoms with E-state index in [0.717, 1.165) is 28.0 Å². The molecule has 0 atom stereocenters. The molecule has 0 saturated carbocycles. The van der Waals surface area contributed by atoms with Crippen LogP contribution in [0.1, 0.15) is 34.2 Å². The number of rotatable bonds is 7. The van der Waals surface area contributed by atoms with Gasteiger partial charge in [-0.15, -0.1) is 0 Å². The third-order valence-corrected chi connectivity index (χ3v) is 5.33. The Hall–Kier alpha value is -3.31. The van der Waals surface area contributed by atoms with Crippen LogP contribution in [0.3, 0.4) is 0 Å². The van der Waals surface area contributed by atoms with E-state index in [4.69, 9.17) is 21.3 Å². The average molecular weight is 421 g/mol. The lowest BCUT2D eigenvalue weighted by molar-refractivity contribution is 0.0692. The van der Waals surface area contributed by atoms with E-state index in [0.29, 0.717) is 30.3 Å². The molecule has 152 valence electrons. The fourth-order valence-corrected chi connectivity index (χ4v) is 3.74. The van der Waals surface area contributed by atoms with Gasteiger partial charge in [0.05, 0.1) is 24.2 Å². The van der Waals surface area contributed by atoms with E-state index in [1.165, 1.54) is 0 Å². The van der Waals surface area contributed by atoms with Crippen LogP contribution in [-0.4, -0.2) is 27.2 Å². The zero-order valence-electron chi connectivity index (χ0n) is 16.5. The first-order valence-electron chi connectivity index (χ1n) is 9.73. The number of hydrogen-bond donors (Lipinski definition) is 1. The molecule has 0 saturated heterocycles. The Balaban J connectivity index is 1.75. The molecule has 0 amide bonds. The number of imidazole rings is 1. The van der Waals surface area contributed by atoms with Crippen molar-refractivity contribution < 1.29 is 14.6 Å². The van der Waals surface area contributed by atoms with Crippen LogP contribution in [0.5, 0.6) is 5.75 Å². The van der Waals surface area contributed by atoms with Crippen LogP contribution in [0, 0.1) is 0 Å². The lowest BCUT2D eigenvalue weighted by Crippen LogP contribution is -2.08. The number of carbonyl (C=O) groups is 1. The Morgan fingerprint density at radius 3 is 2.63 bits per heavy atom. The number of aromatic carboxylic acids is 1.